The Kier molecular flexibility index (Phi) is 5.36. The molecule has 0 saturated heterocycles. The third kappa shape index (κ3) is 3.89. The number of carbonyl (C=O) groups is 1. The molecule has 1 N–H and O–H groups in total. The van der Waals surface area contributed by atoms with Crippen LogP contribution in [-0.4, -0.2) is 27.5 Å². The van der Waals surface area contributed by atoms with E-state index in [0.29, 0.717) is 6.42 Å². The molecule has 1 heterocycles. The van der Waals surface area contributed by atoms with Crippen LogP contribution < -0.4 is 14.4 Å². The van der Waals surface area contributed by atoms with Crippen molar-refractivity contribution in [3.05, 3.63) is 53.6 Å². The number of rotatable bonds is 6. The molecular formula is C22H26N2O4S. The molecule has 0 spiro atoms. The molecular weight excluding hydrogens is 388 g/mol. The van der Waals surface area contributed by atoms with Gasteiger partial charge in [0.25, 0.3) is 0 Å². The van der Waals surface area contributed by atoms with Crippen LogP contribution >= 0.6 is 0 Å². The van der Waals surface area contributed by atoms with Gasteiger partial charge in [0.1, 0.15) is 5.75 Å². The normalized spacial score (nSPS) is 19.0. The van der Waals surface area contributed by atoms with Gasteiger partial charge in [0.15, 0.2) is 0 Å². The van der Waals surface area contributed by atoms with Crippen LogP contribution in [0, 0.1) is 5.92 Å². The second-order valence-electron chi connectivity index (χ2n) is 7.85. The number of nitrogens with zero attached hydrogens (tertiary/aromatic N) is 1. The fraction of sp³-hybridized carbons (Fsp3) is 0.409. The Labute approximate surface area is 171 Å². The molecule has 1 fully saturated rings. The lowest BCUT2D eigenvalue weighted by Gasteiger charge is -2.32. The third-order valence-electron chi connectivity index (χ3n) is 5.89. The minimum Gasteiger partial charge on any atom is -0.497 e. The van der Waals surface area contributed by atoms with Gasteiger partial charge in [0.05, 0.1) is 12.0 Å². The fourth-order valence-corrected chi connectivity index (χ4v) is 5.04. The summed E-state index contributed by atoms with van der Waals surface area (Å²) in [5.74, 6) is 1.03. The van der Waals surface area contributed by atoms with Gasteiger partial charge in [0.2, 0.25) is 15.9 Å². The van der Waals surface area contributed by atoms with Crippen LogP contribution in [0.2, 0.25) is 0 Å². The predicted molar refractivity (Wildman–Crippen MR) is 111 cm³/mol. The standard InChI is InChI=1S/C22H26N2O4S/c1-15-12-18-13-20(10-11-21(18)24(15)22(25)17-4-3-5-17)29(26,27)23-14-16-6-8-19(28-2)9-7-16/h6-11,13,15,17,23H,3-5,12,14H2,1-2H3/t15-/m1/s1. The van der Waals surface area contributed by atoms with Gasteiger partial charge in [-0.05, 0) is 67.6 Å². The van der Waals surface area contributed by atoms with Crippen molar-refractivity contribution in [1.82, 2.24) is 4.72 Å². The molecule has 0 aromatic heterocycles. The molecule has 2 aromatic carbocycles. The molecule has 0 bridgehead atoms. The summed E-state index contributed by atoms with van der Waals surface area (Å²) in [7, 11) is -2.05. The van der Waals surface area contributed by atoms with Crippen LogP contribution in [0.15, 0.2) is 47.4 Å². The highest BCUT2D eigenvalue weighted by atomic mass is 32.2. The van der Waals surface area contributed by atoms with Crippen LogP contribution in [0.4, 0.5) is 5.69 Å². The lowest BCUT2D eigenvalue weighted by molar-refractivity contribution is -0.125. The van der Waals surface area contributed by atoms with Crippen molar-refractivity contribution in [2.24, 2.45) is 5.92 Å². The van der Waals surface area contributed by atoms with Gasteiger partial charge < -0.3 is 9.64 Å². The van der Waals surface area contributed by atoms with E-state index in [0.717, 1.165) is 41.8 Å². The van der Waals surface area contributed by atoms with E-state index in [1.54, 1.807) is 37.4 Å². The number of anilines is 1. The average Bonchev–Trinajstić information content (AvgIpc) is 3.00. The molecule has 7 heteroatoms. The number of methoxy groups -OCH3 is 1. The van der Waals surface area contributed by atoms with Crippen LogP contribution in [0.5, 0.6) is 5.75 Å². The summed E-state index contributed by atoms with van der Waals surface area (Å²) >= 11 is 0. The number of sulfonamides is 1. The number of nitrogens with one attached hydrogen (secondary N) is 1. The minimum absolute atomic E-state index is 0.0586. The molecule has 2 aliphatic rings. The monoisotopic (exact) mass is 414 g/mol. The van der Waals surface area contributed by atoms with E-state index in [-0.39, 0.29) is 29.3 Å². The molecule has 1 saturated carbocycles. The summed E-state index contributed by atoms with van der Waals surface area (Å²) in [6, 6.07) is 12.4. The summed E-state index contributed by atoms with van der Waals surface area (Å²) in [5, 5.41) is 0. The zero-order chi connectivity index (χ0) is 20.6. The van der Waals surface area contributed by atoms with Gasteiger partial charge in [-0.1, -0.05) is 18.6 Å². The Morgan fingerprint density at radius 3 is 2.52 bits per heavy atom. The quantitative estimate of drug-likeness (QED) is 0.787. The number of amides is 1. The first-order valence-corrected chi connectivity index (χ1v) is 11.5. The van der Waals surface area contributed by atoms with E-state index in [9.17, 15) is 13.2 Å². The molecule has 29 heavy (non-hydrogen) atoms. The zero-order valence-corrected chi connectivity index (χ0v) is 17.5. The van der Waals surface area contributed by atoms with Crippen LogP contribution in [0.1, 0.15) is 37.3 Å². The number of benzene rings is 2. The van der Waals surface area contributed by atoms with E-state index in [1.807, 2.05) is 24.0 Å². The highest BCUT2D eigenvalue weighted by Crippen LogP contribution is 2.38. The van der Waals surface area contributed by atoms with E-state index < -0.39 is 10.0 Å². The smallest absolute Gasteiger partial charge is 0.240 e. The van der Waals surface area contributed by atoms with Crippen LogP contribution in [-0.2, 0) is 27.8 Å². The number of fused-ring (bicyclic) bond motifs is 1. The van der Waals surface area contributed by atoms with Gasteiger partial charge in [-0.25, -0.2) is 13.1 Å². The maximum absolute atomic E-state index is 12.8. The zero-order valence-electron chi connectivity index (χ0n) is 16.7. The first-order valence-electron chi connectivity index (χ1n) is 9.97. The predicted octanol–water partition coefficient (Wildman–Crippen LogP) is 3.25. The molecule has 154 valence electrons. The van der Waals surface area contributed by atoms with Crippen molar-refractivity contribution in [3.8, 4) is 5.75 Å². The molecule has 1 amide bonds. The van der Waals surface area contributed by atoms with Crippen molar-refractivity contribution < 1.29 is 17.9 Å². The Hall–Kier alpha value is -2.38. The maximum atomic E-state index is 12.8. The summed E-state index contributed by atoms with van der Waals surface area (Å²) in [4.78, 5) is 14.9. The van der Waals surface area contributed by atoms with Gasteiger partial charge in [-0.3, -0.25) is 4.79 Å². The Morgan fingerprint density at radius 2 is 1.90 bits per heavy atom. The molecule has 0 unspecified atom stereocenters. The van der Waals surface area contributed by atoms with Crippen molar-refractivity contribution in [2.45, 2.75) is 50.1 Å². The summed E-state index contributed by atoms with van der Waals surface area (Å²) < 4.78 is 33.3. The number of hydrogen-bond donors (Lipinski definition) is 1. The van der Waals surface area contributed by atoms with E-state index in [1.165, 1.54) is 0 Å². The second kappa shape index (κ2) is 7.80. The lowest BCUT2D eigenvalue weighted by Crippen LogP contribution is -2.42. The molecule has 6 nitrogen and oxygen atoms in total. The molecule has 1 aliphatic heterocycles. The Morgan fingerprint density at radius 1 is 1.17 bits per heavy atom. The lowest BCUT2D eigenvalue weighted by atomic mass is 9.84. The van der Waals surface area contributed by atoms with Crippen molar-refractivity contribution in [1.29, 1.82) is 0 Å². The van der Waals surface area contributed by atoms with Crippen molar-refractivity contribution in [3.63, 3.8) is 0 Å². The highest BCUT2D eigenvalue weighted by Gasteiger charge is 2.37. The molecule has 0 radical (unpaired) electrons. The molecule has 1 atom stereocenters. The average molecular weight is 415 g/mol. The largest absolute Gasteiger partial charge is 0.497 e. The number of carbonyl (C=O) groups excluding carboxylic acids is 1. The Balaban J connectivity index is 1.50. The van der Waals surface area contributed by atoms with Gasteiger partial charge in [-0.2, -0.15) is 0 Å². The SMILES string of the molecule is COc1ccc(CNS(=O)(=O)c2ccc3c(c2)C[C@@H](C)N3C(=O)C2CCC2)cc1. The van der Waals surface area contributed by atoms with Crippen molar-refractivity contribution >= 4 is 21.6 Å². The Bertz CT molecular complexity index is 1010. The third-order valence-corrected chi connectivity index (χ3v) is 7.29. The van der Waals surface area contributed by atoms with Crippen LogP contribution in [0.3, 0.4) is 0 Å². The first-order chi connectivity index (χ1) is 13.9. The minimum atomic E-state index is -3.65. The summed E-state index contributed by atoms with van der Waals surface area (Å²) in [6.45, 7) is 2.22. The first kappa shape index (κ1) is 19.9. The second-order valence-corrected chi connectivity index (χ2v) is 9.62. The summed E-state index contributed by atoms with van der Waals surface area (Å²) in [5.41, 5.74) is 2.61. The molecule has 2 aromatic rings. The highest BCUT2D eigenvalue weighted by molar-refractivity contribution is 7.89. The summed E-state index contributed by atoms with van der Waals surface area (Å²) in [6.07, 6.45) is 3.70. The maximum Gasteiger partial charge on any atom is 0.240 e. The number of ether oxygens (including phenoxy) is 1. The van der Waals surface area contributed by atoms with E-state index >= 15 is 0 Å². The molecule has 4 rings (SSSR count). The van der Waals surface area contributed by atoms with E-state index in [2.05, 4.69) is 4.72 Å². The topological polar surface area (TPSA) is 75.7 Å². The number of hydrogen-bond acceptors (Lipinski definition) is 4. The molecule has 1 aliphatic carbocycles. The van der Waals surface area contributed by atoms with Gasteiger partial charge in [0, 0.05) is 24.2 Å². The fourth-order valence-electron chi connectivity index (χ4n) is 3.97. The van der Waals surface area contributed by atoms with E-state index in [4.69, 9.17) is 4.74 Å². The van der Waals surface area contributed by atoms with Gasteiger partial charge in [-0.15, -0.1) is 0 Å². The van der Waals surface area contributed by atoms with Crippen LogP contribution in [0.25, 0.3) is 0 Å². The van der Waals surface area contributed by atoms with Crippen molar-refractivity contribution in [2.75, 3.05) is 12.0 Å². The van der Waals surface area contributed by atoms with Gasteiger partial charge >= 0.3 is 0 Å².